The molecule has 1 saturated carbocycles. The normalized spacial score (nSPS) is 19.4. The van der Waals surface area contributed by atoms with E-state index in [4.69, 9.17) is 0 Å². The molecular weight excluding hydrogens is 214 g/mol. The van der Waals surface area contributed by atoms with E-state index in [-0.39, 0.29) is 11.5 Å². The summed E-state index contributed by atoms with van der Waals surface area (Å²) in [6, 6.07) is 5.72. The number of phenolic OH excluding ortho intramolecular Hbond substituents is 1. The lowest BCUT2D eigenvalue weighted by Gasteiger charge is -2.21. The van der Waals surface area contributed by atoms with Crippen LogP contribution in [0.2, 0.25) is 0 Å². The highest BCUT2D eigenvalue weighted by molar-refractivity contribution is 5.42. The quantitative estimate of drug-likeness (QED) is 0.837. The first-order valence-corrected chi connectivity index (χ1v) is 6.11. The molecule has 1 unspecified atom stereocenters. The maximum absolute atomic E-state index is 9.87. The summed E-state index contributed by atoms with van der Waals surface area (Å²) in [5, 5.41) is 19.7. The van der Waals surface area contributed by atoms with Crippen LogP contribution in [0.1, 0.15) is 30.9 Å². The van der Waals surface area contributed by atoms with Crippen LogP contribution in [0.25, 0.3) is 0 Å². The first-order chi connectivity index (χ1) is 7.95. The van der Waals surface area contributed by atoms with Gasteiger partial charge < -0.3 is 15.1 Å². The summed E-state index contributed by atoms with van der Waals surface area (Å²) in [6.07, 6.45) is 1.76. The first kappa shape index (κ1) is 12.4. The van der Waals surface area contributed by atoms with Crippen molar-refractivity contribution in [3.8, 4) is 5.75 Å². The van der Waals surface area contributed by atoms with Crippen molar-refractivity contribution < 1.29 is 10.2 Å². The number of nitrogens with zero attached hydrogens (tertiary/aromatic N) is 1. The van der Waals surface area contributed by atoms with Crippen LogP contribution in [-0.2, 0) is 12.0 Å². The molecule has 1 atom stereocenters. The van der Waals surface area contributed by atoms with E-state index < -0.39 is 0 Å². The highest BCUT2D eigenvalue weighted by Crippen LogP contribution is 2.51. The molecule has 3 nitrogen and oxygen atoms in total. The van der Waals surface area contributed by atoms with E-state index in [0.717, 1.165) is 30.5 Å². The SMILES string of the molecule is CC(O)C1(c2ccc(O)c(CN(C)C)c2)CC1. The monoisotopic (exact) mass is 235 g/mol. The van der Waals surface area contributed by atoms with Gasteiger partial charge in [0.15, 0.2) is 0 Å². The maximum Gasteiger partial charge on any atom is 0.120 e. The fourth-order valence-electron chi connectivity index (χ4n) is 2.44. The van der Waals surface area contributed by atoms with Crippen molar-refractivity contribution >= 4 is 0 Å². The molecule has 0 heterocycles. The van der Waals surface area contributed by atoms with E-state index in [1.807, 2.05) is 38.1 Å². The molecule has 1 aromatic carbocycles. The molecule has 0 radical (unpaired) electrons. The van der Waals surface area contributed by atoms with Crippen LogP contribution in [0.15, 0.2) is 18.2 Å². The number of phenols is 1. The van der Waals surface area contributed by atoms with Crippen LogP contribution in [0.5, 0.6) is 5.75 Å². The summed E-state index contributed by atoms with van der Waals surface area (Å²) in [5.41, 5.74) is 2.02. The second-order valence-electron chi connectivity index (χ2n) is 5.41. The van der Waals surface area contributed by atoms with Gasteiger partial charge in [-0.3, -0.25) is 0 Å². The van der Waals surface area contributed by atoms with Gasteiger partial charge in [0.2, 0.25) is 0 Å². The van der Waals surface area contributed by atoms with Crippen molar-refractivity contribution in [3.05, 3.63) is 29.3 Å². The predicted molar refractivity (Wildman–Crippen MR) is 68.1 cm³/mol. The van der Waals surface area contributed by atoms with Crippen LogP contribution in [0, 0.1) is 0 Å². The maximum atomic E-state index is 9.87. The van der Waals surface area contributed by atoms with E-state index in [1.54, 1.807) is 6.07 Å². The second-order valence-corrected chi connectivity index (χ2v) is 5.41. The fourth-order valence-corrected chi connectivity index (χ4v) is 2.44. The van der Waals surface area contributed by atoms with E-state index in [0.29, 0.717) is 5.75 Å². The molecule has 1 aromatic rings. The molecule has 0 aliphatic heterocycles. The third-order valence-corrected chi connectivity index (χ3v) is 3.73. The first-order valence-electron chi connectivity index (χ1n) is 6.11. The lowest BCUT2D eigenvalue weighted by molar-refractivity contribution is 0.150. The number of aliphatic hydroxyl groups excluding tert-OH is 1. The predicted octanol–water partition coefficient (Wildman–Crippen LogP) is 1.87. The summed E-state index contributed by atoms with van der Waals surface area (Å²) < 4.78 is 0. The molecule has 0 amide bonds. The van der Waals surface area contributed by atoms with Gasteiger partial charge in [-0.05, 0) is 45.5 Å². The molecule has 17 heavy (non-hydrogen) atoms. The standard InChI is InChI=1S/C14H21NO2/c1-10(16)14(6-7-14)12-4-5-13(17)11(8-12)9-15(2)3/h4-5,8,10,16-17H,6-7,9H2,1-3H3. The van der Waals surface area contributed by atoms with Crippen LogP contribution < -0.4 is 0 Å². The van der Waals surface area contributed by atoms with E-state index in [9.17, 15) is 10.2 Å². The zero-order valence-corrected chi connectivity index (χ0v) is 10.8. The highest BCUT2D eigenvalue weighted by atomic mass is 16.3. The summed E-state index contributed by atoms with van der Waals surface area (Å²) in [5.74, 6) is 0.337. The fraction of sp³-hybridized carbons (Fsp3) is 0.571. The second kappa shape index (κ2) is 4.31. The van der Waals surface area contributed by atoms with Gasteiger partial charge in [0.25, 0.3) is 0 Å². The molecule has 0 bridgehead atoms. The Morgan fingerprint density at radius 2 is 2.00 bits per heavy atom. The molecule has 2 N–H and O–H groups in total. The average molecular weight is 235 g/mol. The van der Waals surface area contributed by atoms with Crippen molar-refractivity contribution in [3.63, 3.8) is 0 Å². The zero-order valence-electron chi connectivity index (χ0n) is 10.8. The molecule has 3 heteroatoms. The van der Waals surface area contributed by atoms with E-state index in [2.05, 4.69) is 0 Å². The van der Waals surface area contributed by atoms with E-state index >= 15 is 0 Å². The summed E-state index contributed by atoms with van der Waals surface area (Å²) >= 11 is 0. The van der Waals surface area contributed by atoms with Gasteiger partial charge in [0.1, 0.15) is 5.75 Å². The molecule has 94 valence electrons. The van der Waals surface area contributed by atoms with Crippen molar-refractivity contribution in [2.24, 2.45) is 0 Å². The van der Waals surface area contributed by atoms with Gasteiger partial charge in [-0.15, -0.1) is 0 Å². The Bertz CT molecular complexity index is 409. The number of aromatic hydroxyl groups is 1. The minimum atomic E-state index is -0.320. The number of rotatable bonds is 4. The average Bonchev–Trinajstić information content (AvgIpc) is 3.01. The molecule has 1 aliphatic rings. The topological polar surface area (TPSA) is 43.7 Å². The van der Waals surface area contributed by atoms with Crippen LogP contribution >= 0.6 is 0 Å². The van der Waals surface area contributed by atoms with Gasteiger partial charge in [-0.1, -0.05) is 12.1 Å². The summed E-state index contributed by atoms with van der Waals surface area (Å²) in [6.45, 7) is 2.57. The molecule has 1 aliphatic carbocycles. The Balaban J connectivity index is 2.31. The van der Waals surface area contributed by atoms with Crippen LogP contribution in [0.4, 0.5) is 0 Å². The Morgan fingerprint density at radius 3 is 2.47 bits per heavy atom. The van der Waals surface area contributed by atoms with Gasteiger partial charge in [-0.2, -0.15) is 0 Å². The Hall–Kier alpha value is -1.06. The molecule has 1 fully saturated rings. The van der Waals surface area contributed by atoms with Gasteiger partial charge in [-0.25, -0.2) is 0 Å². The van der Waals surface area contributed by atoms with Crippen molar-refractivity contribution in [2.75, 3.05) is 14.1 Å². The highest BCUT2D eigenvalue weighted by Gasteiger charge is 2.48. The number of hydrogen-bond acceptors (Lipinski definition) is 3. The van der Waals surface area contributed by atoms with Crippen molar-refractivity contribution in [1.82, 2.24) is 4.90 Å². The minimum absolute atomic E-state index is 0.0608. The minimum Gasteiger partial charge on any atom is -0.508 e. The lowest BCUT2D eigenvalue weighted by atomic mass is 9.89. The van der Waals surface area contributed by atoms with Crippen LogP contribution in [0.3, 0.4) is 0 Å². The smallest absolute Gasteiger partial charge is 0.120 e. The van der Waals surface area contributed by atoms with Gasteiger partial charge in [0.05, 0.1) is 6.10 Å². The number of hydrogen-bond donors (Lipinski definition) is 2. The number of aliphatic hydroxyl groups is 1. The molecule has 0 aromatic heterocycles. The van der Waals surface area contributed by atoms with E-state index in [1.165, 1.54) is 0 Å². The third kappa shape index (κ3) is 2.31. The molecule has 0 saturated heterocycles. The van der Waals surface area contributed by atoms with Crippen molar-refractivity contribution in [2.45, 2.75) is 37.8 Å². The summed E-state index contributed by atoms with van der Waals surface area (Å²) in [4.78, 5) is 2.03. The Kier molecular flexibility index (Phi) is 3.15. The van der Waals surface area contributed by atoms with Gasteiger partial charge in [0, 0.05) is 17.5 Å². The number of benzene rings is 1. The van der Waals surface area contributed by atoms with Crippen molar-refractivity contribution in [1.29, 1.82) is 0 Å². The third-order valence-electron chi connectivity index (χ3n) is 3.73. The lowest BCUT2D eigenvalue weighted by Crippen LogP contribution is -2.23. The molecule has 2 rings (SSSR count). The largest absolute Gasteiger partial charge is 0.508 e. The Morgan fingerprint density at radius 1 is 1.35 bits per heavy atom. The van der Waals surface area contributed by atoms with Gasteiger partial charge >= 0.3 is 0 Å². The molecular formula is C14H21NO2. The Labute approximate surface area is 103 Å². The summed E-state index contributed by atoms with van der Waals surface area (Å²) in [7, 11) is 3.96. The van der Waals surface area contributed by atoms with Crippen LogP contribution in [-0.4, -0.2) is 35.3 Å². The zero-order chi connectivity index (χ0) is 12.6. The molecule has 0 spiro atoms.